The van der Waals surface area contributed by atoms with E-state index >= 15 is 0 Å². The largest absolute Gasteiger partial charge is 0.497 e. The summed E-state index contributed by atoms with van der Waals surface area (Å²) < 4.78 is 6.72. The van der Waals surface area contributed by atoms with Crippen LogP contribution in [0.5, 0.6) is 5.75 Å². The molecule has 19 heavy (non-hydrogen) atoms. The van der Waals surface area contributed by atoms with Crippen molar-refractivity contribution < 1.29 is 4.74 Å². The molecule has 0 saturated heterocycles. The van der Waals surface area contributed by atoms with E-state index in [4.69, 9.17) is 4.74 Å². The first-order valence-corrected chi connectivity index (χ1v) is 6.45. The number of fused-ring (bicyclic) bond motifs is 1. The van der Waals surface area contributed by atoms with Crippen molar-refractivity contribution >= 4 is 16.3 Å². The topological polar surface area (TPSA) is 63.2 Å². The smallest absolute Gasteiger partial charge is 0.213 e. The second-order valence-corrected chi connectivity index (χ2v) is 5.12. The first-order chi connectivity index (χ1) is 9.22. The maximum atomic E-state index is 9.31. The molecule has 0 aliphatic rings. The van der Waals surface area contributed by atoms with Crippen LogP contribution < -0.4 is 4.74 Å². The quantitative estimate of drug-likeness (QED) is 0.718. The van der Waals surface area contributed by atoms with Gasteiger partial charge in [-0.15, -0.1) is 0 Å². The lowest BCUT2D eigenvalue weighted by molar-refractivity contribution is 0.415. The summed E-state index contributed by atoms with van der Waals surface area (Å²) in [7, 11) is 1.62. The molecule has 0 aliphatic carbocycles. The van der Waals surface area contributed by atoms with Crippen LogP contribution in [-0.2, 0) is 0 Å². The Morgan fingerprint density at radius 3 is 2.68 bits per heavy atom. The molecule has 2 heterocycles. The maximum absolute atomic E-state index is 9.31. The molecule has 1 aromatic carbocycles. The van der Waals surface area contributed by atoms with Gasteiger partial charge in [-0.1, -0.05) is 11.3 Å². The van der Waals surface area contributed by atoms with Crippen LogP contribution in [0.3, 0.4) is 0 Å². The molecule has 5 nitrogen and oxygen atoms in total. The van der Waals surface area contributed by atoms with Crippen molar-refractivity contribution in [3.05, 3.63) is 35.0 Å². The number of imidazole rings is 1. The normalized spacial score (nSPS) is 10.6. The molecule has 6 heteroatoms. The van der Waals surface area contributed by atoms with Gasteiger partial charge in [-0.2, -0.15) is 14.9 Å². The fourth-order valence-corrected chi connectivity index (χ4v) is 2.64. The molecule has 0 radical (unpaired) electrons. The fourth-order valence-electron chi connectivity index (χ4n) is 1.89. The van der Waals surface area contributed by atoms with Gasteiger partial charge < -0.3 is 4.74 Å². The summed E-state index contributed by atoms with van der Waals surface area (Å²) in [6.07, 6.45) is 0. The SMILES string of the molecule is COc1ccc(-c2nc3sc(C)nn3c2C#N)cc1. The van der Waals surface area contributed by atoms with Crippen LogP contribution >= 0.6 is 11.3 Å². The van der Waals surface area contributed by atoms with Gasteiger partial charge >= 0.3 is 0 Å². The highest BCUT2D eigenvalue weighted by molar-refractivity contribution is 7.16. The highest BCUT2D eigenvalue weighted by atomic mass is 32.1. The predicted octanol–water partition coefficient (Wildman–Crippen LogP) is 2.65. The minimum atomic E-state index is 0.463. The van der Waals surface area contributed by atoms with E-state index < -0.39 is 0 Å². The molecule has 0 aliphatic heterocycles. The minimum absolute atomic E-state index is 0.463. The highest BCUT2D eigenvalue weighted by Crippen LogP contribution is 2.27. The lowest BCUT2D eigenvalue weighted by Gasteiger charge is -2.01. The number of nitrogens with zero attached hydrogens (tertiary/aromatic N) is 4. The molecule has 3 aromatic rings. The molecule has 0 unspecified atom stereocenters. The van der Waals surface area contributed by atoms with E-state index in [-0.39, 0.29) is 0 Å². The third kappa shape index (κ3) is 1.84. The number of rotatable bonds is 2. The van der Waals surface area contributed by atoms with E-state index in [1.165, 1.54) is 11.3 Å². The molecular formula is C13H10N4OS. The molecular weight excluding hydrogens is 260 g/mol. The molecule has 0 spiro atoms. The van der Waals surface area contributed by atoms with Crippen molar-refractivity contribution in [2.75, 3.05) is 7.11 Å². The van der Waals surface area contributed by atoms with Gasteiger partial charge in [0, 0.05) is 5.56 Å². The second kappa shape index (κ2) is 4.37. The summed E-state index contributed by atoms with van der Waals surface area (Å²) in [5.74, 6) is 0.775. The zero-order valence-corrected chi connectivity index (χ0v) is 11.2. The first-order valence-electron chi connectivity index (χ1n) is 5.63. The Balaban J connectivity index is 2.18. The van der Waals surface area contributed by atoms with E-state index in [0.29, 0.717) is 11.4 Å². The van der Waals surface area contributed by atoms with Crippen LogP contribution in [-0.4, -0.2) is 21.7 Å². The molecule has 0 bridgehead atoms. The molecule has 3 rings (SSSR count). The number of ether oxygens (including phenoxy) is 1. The van der Waals surface area contributed by atoms with Crippen molar-refractivity contribution in [3.63, 3.8) is 0 Å². The molecule has 2 aromatic heterocycles. The van der Waals surface area contributed by atoms with E-state index in [9.17, 15) is 5.26 Å². The van der Waals surface area contributed by atoms with Gasteiger partial charge in [0.2, 0.25) is 4.96 Å². The fraction of sp³-hybridized carbons (Fsp3) is 0.154. The second-order valence-electron chi connectivity index (χ2n) is 3.96. The zero-order valence-electron chi connectivity index (χ0n) is 10.4. The number of hydrogen-bond acceptors (Lipinski definition) is 5. The highest BCUT2D eigenvalue weighted by Gasteiger charge is 2.16. The first kappa shape index (κ1) is 11.7. The number of nitriles is 1. The van der Waals surface area contributed by atoms with Crippen molar-refractivity contribution in [2.24, 2.45) is 0 Å². The predicted molar refractivity (Wildman–Crippen MR) is 72.3 cm³/mol. The molecule has 0 saturated carbocycles. The third-order valence-electron chi connectivity index (χ3n) is 2.77. The van der Waals surface area contributed by atoms with Crippen molar-refractivity contribution in [1.82, 2.24) is 14.6 Å². The van der Waals surface area contributed by atoms with Crippen molar-refractivity contribution in [2.45, 2.75) is 6.92 Å². The van der Waals surface area contributed by atoms with Crippen molar-refractivity contribution in [3.8, 4) is 23.1 Å². The molecule has 94 valence electrons. The van der Waals surface area contributed by atoms with Gasteiger partial charge in [-0.05, 0) is 31.2 Å². The number of benzene rings is 1. The van der Waals surface area contributed by atoms with Crippen LogP contribution in [0.2, 0.25) is 0 Å². The standard InChI is InChI=1S/C13H10N4OS/c1-8-16-17-11(7-14)12(15-13(17)19-8)9-3-5-10(18-2)6-4-9/h3-6H,1-2H3. The van der Waals surface area contributed by atoms with Crippen LogP contribution in [0.15, 0.2) is 24.3 Å². The monoisotopic (exact) mass is 270 g/mol. The Kier molecular flexibility index (Phi) is 2.69. The van der Waals surface area contributed by atoms with Gasteiger partial charge in [0.1, 0.15) is 22.5 Å². The Morgan fingerprint density at radius 2 is 2.05 bits per heavy atom. The summed E-state index contributed by atoms with van der Waals surface area (Å²) in [6, 6.07) is 9.65. The van der Waals surface area contributed by atoms with E-state index in [0.717, 1.165) is 21.3 Å². The van der Waals surface area contributed by atoms with Gasteiger partial charge in [0.05, 0.1) is 7.11 Å². The third-order valence-corrected chi connectivity index (χ3v) is 3.60. The molecule has 0 amide bonds. The molecule has 0 atom stereocenters. The lowest BCUT2D eigenvalue weighted by atomic mass is 10.1. The van der Waals surface area contributed by atoms with E-state index in [2.05, 4.69) is 16.2 Å². The zero-order chi connectivity index (χ0) is 13.4. The minimum Gasteiger partial charge on any atom is -0.497 e. The average molecular weight is 270 g/mol. The van der Waals surface area contributed by atoms with Crippen LogP contribution in [0.1, 0.15) is 10.7 Å². The van der Waals surface area contributed by atoms with Crippen LogP contribution in [0.4, 0.5) is 0 Å². The van der Waals surface area contributed by atoms with Gasteiger partial charge in [-0.25, -0.2) is 4.98 Å². The Labute approximate surface area is 113 Å². The molecule has 0 fully saturated rings. The Bertz CT molecular complexity index is 779. The van der Waals surface area contributed by atoms with Gasteiger partial charge in [-0.3, -0.25) is 0 Å². The maximum Gasteiger partial charge on any atom is 0.213 e. The van der Waals surface area contributed by atoms with Gasteiger partial charge in [0.15, 0.2) is 5.69 Å². The summed E-state index contributed by atoms with van der Waals surface area (Å²) >= 11 is 1.47. The van der Waals surface area contributed by atoms with Crippen molar-refractivity contribution in [1.29, 1.82) is 5.26 Å². The number of aromatic nitrogens is 3. The van der Waals surface area contributed by atoms with E-state index in [1.54, 1.807) is 11.6 Å². The Hall–Kier alpha value is -2.39. The summed E-state index contributed by atoms with van der Waals surface area (Å²) in [4.78, 5) is 5.22. The molecule has 0 N–H and O–H groups in total. The summed E-state index contributed by atoms with van der Waals surface area (Å²) in [6.45, 7) is 1.90. The number of hydrogen-bond donors (Lipinski definition) is 0. The number of aryl methyl sites for hydroxylation is 1. The lowest BCUT2D eigenvalue weighted by Crippen LogP contribution is -1.90. The van der Waals surface area contributed by atoms with Crippen LogP contribution in [0.25, 0.3) is 16.2 Å². The summed E-state index contributed by atoms with van der Waals surface area (Å²) in [5.41, 5.74) is 2.00. The van der Waals surface area contributed by atoms with Gasteiger partial charge in [0.25, 0.3) is 0 Å². The average Bonchev–Trinajstić information content (AvgIpc) is 2.94. The summed E-state index contributed by atoms with van der Waals surface area (Å²) in [5, 5.41) is 14.5. The Morgan fingerprint density at radius 1 is 1.32 bits per heavy atom. The number of methoxy groups -OCH3 is 1. The van der Waals surface area contributed by atoms with Crippen LogP contribution in [0, 0.1) is 18.3 Å². The van der Waals surface area contributed by atoms with E-state index in [1.807, 2.05) is 31.2 Å².